The minimum Gasteiger partial charge on any atom is -1.00 e. The Morgan fingerprint density at radius 2 is 1.36 bits per heavy atom. The molecule has 1 aliphatic rings. The van der Waals surface area contributed by atoms with Gasteiger partial charge in [-0.25, -0.2) is 4.79 Å². The van der Waals surface area contributed by atoms with Crippen molar-refractivity contribution in [2.45, 2.75) is 19.4 Å². The molecule has 0 radical (unpaired) electrons. The summed E-state index contributed by atoms with van der Waals surface area (Å²) in [4.78, 5) is 13.4. The van der Waals surface area contributed by atoms with Crippen LogP contribution in [-0.4, -0.2) is 68.3 Å². The number of benzene rings is 1. The molecule has 0 amide bonds. The van der Waals surface area contributed by atoms with Gasteiger partial charge in [-0.1, -0.05) is 12.1 Å². The quantitative estimate of drug-likeness (QED) is 0.331. The van der Waals surface area contributed by atoms with E-state index < -0.39 is 5.97 Å². The number of hydrogen-bond acceptors (Lipinski definition) is 5. The van der Waals surface area contributed by atoms with Gasteiger partial charge in [-0.15, -0.1) is 0 Å². The zero-order chi connectivity index (χ0) is 17.0. The Hall–Kier alpha value is -0.0935. The van der Waals surface area contributed by atoms with E-state index in [0.717, 1.165) is 71.7 Å². The van der Waals surface area contributed by atoms with Crippen LogP contribution in [0.3, 0.4) is 0 Å². The molecule has 0 spiro atoms. The topological polar surface area (TPSA) is 76.6 Å². The van der Waals surface area contributed by atoms with Gasteiger partial charge in [-0.05, 0) is 56.7 Å². The van der Waals surface area contributed by atoms with E-state index >= 15 is 0 Å². The van der Waals surface area contributed by atoms with E-state index in [4.69, 9.17) is 5.11 Å². The van der Waals surface area contributed by atoms with Crippen LogP contribution in [0.2, 0.25) is 0 Å². The number of carboxylic acids is 1. The van der Waals surface area contributed by atoms with E-state index in [1.54, 1.807) is 12.1 Å². The summed E-state index contributed by atoms with van der Waals surface area (Å²) < 4.78 is 0. The Morgan fingerprint density at radius 3 is 1.93 bits per heavy atom. The molecular weight excluding hydrogens is 470 g/mol. The second-order valence-corrected chi connectivity index (χ2v) is 6.24. The van der Waals surface area contributed by atoms with Gasteiger partial charge in [-0.3, -0.25) is 4.90 Å². The van der Waals surface area contributed by atoms with Gasteiger partial charge in [-0.2, -0.15) is 0 Å². The standard InChI is InChI=1S/C18H30N4O2.3ClH.Co/c23-18(24)17-5-3-16(4-6-17)15-22-13-2-9-20-11-10-19-7-1-8-21-12-14-22;;;;/h3-6,19-21H,1-2,7-15H2,(H,23,24);3*1H;/q;;;;+3/p-3. The number of rotatable bonds is 3. The first-order valence-corrected chi connectivity index (χ1v) is 8.92. The van der Waals surface area contributed by atoms with Gasteiger partial charge in [0.1, 0.15) is 0 Å². The third-order valence-electron chi connectivity index (χ3n) is 4.23. The van der Waals surface area contributed by atoms with Crippen LogP contribution < -0.4 is 53.2 Å². The third-order valence-corrected chi connectivity index (χ3v) is 4.23. The first-order chi connectivity index (χ1) is 11.8. The van der Waals surface area contributed by atoms with Gasteiger partial charge in [0.15, 0.2) is 0 Å². The fraction of sp³-hybridized carbons (Fsp3) is 0.611. The molecular formula is C18H30Cl3CoN4O2. The number of carbonyl (C=O) groups is 1. The molecule has 4 N–H and O–H groups in total. The Labute approximate surface area is 197 Å². The zero-order valence-electron chi connectivity index (χ0n) is 15.9. The molecule has 0 atom stereocenters. The van der Waals surface area contributed by atoms with Gasteiger partial charge in [0.2, 0.25) is 0 Å². The van der Waals surface area contributed by atoms with E-state index in [1.807, 2.05) is 12.1 Å². The molecule has 0 unspecified atom stereocenters. The normalized spacial score (nSPS) is 16.7. The third kappa shape index (κ3) is 14.0. The van der Waals surface area contributed by atoms with Gasteiger partial charge in [0.05, 0.1) is 5.56 Å². The number of nitrogens with one attached hydrogen (secondary N) is 3. The molecule has 1 saturated heterocycles. The Morgan fingerprint density at radius 1 is 0.821 bits per heavy atom. The molecule has 6 nitrogen and oxygen atoms in total. The molecule has 10 heteroatoms. The first kappa shape index (κ1) is 32.6. The summed E-state index contributed by atoms with van der Waals surface area (Å²) in [6, 6.07) is 7.22. The van der Waals surface area contributed by atoms with E-state index in [9.17, 15) is 4.79 Å². The predicted octanol–water partition coefficient (Wildman–Crippen LogP) is -8.24. The summed E-state index contributed by atoms with van der Waals surface area (Å²) in [5.41, 5.74) is 1.51. The molecule has 0 aliphatic carbocycles. The molecule has 0 saturated carbocycles. The number of nitrogens with zero attached hydrogens (tertiary/aromatic N) is 1. The van der Waals surface area contributed by atoms with Crippen LogP contribution in [0, 0.1) is 0 Å². The minimum absolute atomic E-state index is 0. The Kier molecular flexibility index (Phi) is 23.5. The molecule has 1 aliphatic heterocycles. The van der Waals surface area contributed by atoms with Crippen molar-refractivity contribution < 1.29 is 63.9 Å². The van der Waals surface area contributed by atoms with E-state index in [2.05, 4.69) is 20.9 Å². The molecule has 28 heavy (non-hydrogen) atoms. The Balaban J connectivity index is -0.00000156. The summed E-state index contributed by atoms with van der Waals surface area (Å²) in [6.45, 7) is 9.09. The van der Waals surface area contributed by atoms with E-state index in [-0.39, 0.29) is 54.0 Å². The van der Waals surface area contributed by atoms with Crippen molar-refractivity contribution in [2.75, 3.05) is 52.4 Å². The maximum absolute atomic E-state index is 10.9. The largest absolute Gasteiger partial charge is 3.00 e. The molecule has 2 rings (SSSR count). The average molecular weight is 500 g/mol. The van der Waals surface area contributed by atoms with Crippen LogP contribution in [0.5, 0.6) is 0 Å². The van der Waals surface area contributed by atoms with Gasteiger partial charge in [0.25, 0.3) is 0 Å². The van der Waals surface area contributed by atoms with Gasteiger partial charge >= 0.3 is 22.7 Å². The number of halogens is 3. The van der Waals surface area contributed by atoms with Gasteiger partial charge < -0.3 is 58.3 Å². The maximum atomic E-state index is 10.9. The van der Waals surface area contributed by atoms with Crippen LogP contribution >= 0.6 is 0 Å². The molecule has 1 fully saturated rings. The Bertz CT molecular complexity index is 484. The van der Waals surface area contributed by atoms with Crippen LogP contribution in [0.4, 0.5) is 0 Å². The minimum atomic E-state index is -0.871. The zero-order valence-corrected chi connectivity index (χ0v) is 19.2. The summed E-state index contributed by atoms with van der Waals surface area (Å²) in [5.74, 6) is -0.871. The van der Waals surface area contributed by atoms with Crippen LogP contribution in [0.1, 0.15) is 28.8 Å². The fourth-order valence-electron chi connectivity index (χ4n) is 2.84. The fourth-order valence-corrected chi connectivity index (χ4v) is 2.84. The maximum Gasteiger partial charge on any atom is 3.00 e. The number of aromatic carboxylic acids is 1. The van der Waals surface area contributed by atoms with Crippen molar-refractivity contribution >= 4 is 5.97 Å². The summed E-state index contributed by atoms with van der Waals surface area (Å²) >= 11 is 0. The molecule has 0 bridgehead atoms. The molecule has 0 aromatic heterocycles. The van der Waals surface area contributed by atoms with E-state index in [0.29, 0.717) is 5.56 Å². The second-order valence-electron chi connectivity index (χ2n) is 6.24. The van der Waals surface area contributed by atoms with E-state index in [1.165, 1.54) is 5.56 Å². The van der Waals surface area contributed by atoms with Crippen LogP contribution in [0.15, 0.2) is 24.3 Å². The molecule has 164 valence electrons. The van der Waals surface area contributed by atoms with Crippen molar-refractivity contribution in [2.24, 2.45) is 0 Å². The second kappa shape index (κ2) is 20.2. The first-order valence-electron chi connectivity index (χ1n) is 8.92. The summed E-state index contributed by atoms with van der Waals surface area (Å²) in [5, 5.41) is 19.4. The molecule has 1 aromatic carbocycles. The van der Waals surface area contributed by atoms with Gasteiger partial charge in [0, 0.05) is 32.7 Å². The van der Waals surface area contributed by atoms with Crippen LogP contribution in [0.25, 0.3) is 0 Å². The monoisotopic (exact) mass is 498 g/mol. The average Bonchev–Trinajstić information content (AvgIpc) is 2.58. The number of carboxylic acid groups (broad SMARTS) is 1. The van der Waals surface area contributed by atoms with Crippen molar-refractivity contribution in [1.82, 2.24) is 20.9 Å². The smallest absolute Gasteiger partial charge is 1.00 e. The van der Waals surface area contributed by atoms with Crippen molar-refractivity contribution in [3.63, 3.8) is 0 Å². The predicted molar refractivity (Wildman–Crippen MR) is 96.5 cm³/mol. The SMILES string of the molecule is O=C(O)c1ccc(CN2CCCNCCNCCCNCC2)cc1.[Cl-].[Cl-].[Cl-].[Co+3]. The van der Waals surface area contributed by atoms with Crippen molar-refractivity contribution in [1.29, 1.82) is 0 Å². The van der Waals surface area contributed by atoms with Crippen molar-refractivity contribution in [3.05, 3.63) is 35.4 Å². The molecule has 1 heterocycles. The summed E-state index contributed by atoms with van der Waals surface area (Å²) in [6.07, 6.45) is 2.27. The number of hydrogen-bond donors (Lipinski definition) is 4. The molecule has 1 aromatic rings. The van der Waals surface area contributed by atoms with Crippen LogP contribution in [-0.2, 0) is 23.3 Å². The van der Waals surface area contributed by atoms with Crippen molar-refractivity contribution in [3.8, 4) is 0 Å². The summed E-state index contributed by atoms with van der Waals surface area (Å²) in [7, 11) is 0.